The highest BCUT2D eigenvalue weighted by molar-refractivity contribution is 4.92. The van der Waals surface area contributed by atoms with Crippen LogP contribution in [0.4, 0.5) is 0 Å². The van der Waals surface area contributed by atoms with Crippen LogP contribution in [0, 0.1) is 17.8 Å². The third-order valence-electron chi connectivity index (χ3n) is 3.79. The monoisotopic (exact) mass is 224 g/mol. The Kier molecular flexibility index (Phi) is 3.91. The van der Waals surface area contributed by atoms with Gasteiger partial charge < -0.3 is 10.6 Å². The van der Waals surface area contributed by atoms with Gasteiger partial charge in [-0.3, -0.25) is 0 Å². The van der Waals surface area contributed by atoms with Crippen LogP contribution in [0.25, 0.3) is 0 Å². The van der Waals surface area contributed by atoms with E-state index in [-0.39, 0.29) is 5.54 Å². The maximum absolute atomic E-state index is 3.64. The van der Waals surface area contributed by atoms with E-state index >= 15 is 0 Å². The Morgan fingerprint density at radius 3 is 2.00 bits per heavy atom. The fraction of sp³-hybridized carbons (Fsp3) is 1.00. The van der Waals surface area contributed by atoms with Crippen LogP contribution in [-0.4, -0.2) is 25.2 Å². The molecule has 0 aromatic rings. The van der Waals surface area contributed by atoms with E-state index in [2.05, 4.69) is 31.4 Å². The molecule has 0 aromatic heterocycles. The van der Waals surface area contributed by atoms with Crippen LogP contribution in [0.1, 0.15) is 46.5 Å². The van der Waals surface area contributed by atoms with Gasteiger partial charge in [0.1, 0.15) is 0 Å². The summed E-state index contributed by atoms with van der Waals surface area (Å²) in [6.45, 7) is 10.2. The van der Waals surface area contributed by atoms with Crippen molar-refractivity contribution in [1.82, 2.24) is 10.6 Å². The summed E-state index contributed by atoms with van der Waals surface area (Å²) in [7, 11) is 0. The van der Waals surface area contributed by atoms with Crippen LogP contribution in [0.5, 0.6) is 0 Å². The summed E-state index contributed by atoms with van der Waals surface area (Å²) in [5.74, 6) is 3.17. The maximum atomic E-state index is 3.64. The van der Waals surface area contributed by atoms with Crippen LogP contribution in [0.15, 0.2) is 0 Å². The summed E-state index contributed by atoms with van der Waals surface area (Å²) < 4.78 is 0. The van der Waals surface area contributed by atoms with E-state index in [4.69, 9.17) is 0 Å². The summed E-state index contributed by atoms with van der Waals surface area (Å²) in [6.07, 6.45) is 6.01. The first-order valence-corrected chi connectivity index (χ1v) is 7.02. The van der Waals surface area contributed by atoms with Gasteiger partial charge in [0, 0.05) is 18.6 Å². The van der Waals surface area contributed by atoms with Crippen molar-refractivity contribution in [3.8, 4) is 0 Å². The lowest BCUT2D eigenvalue weighted by molar-refractivity contribution is 0.367. The lowest BCUT2D eigenvalue weighted by atomic mass is 9.98. The molecule has 2 rings (SSSR count). The van der Waals surface area contributed by atoms with Gasteiger partial charge >= 0.3 is 0 Å². The predicted molar refractivity (Wildman–Crippen MR) is 69.6 cm³/mol. The van der Waals surface area contributed by atoms with E-state index in [0.717, 1.165) is 30.8 Å². The first-order chi connectivity index (χ1) is 7.56. The van der Waals surface area contributed by atoms with E-state index < -0.39 is 0 Å². The SMILES string of the molecule is CC(C)(C)NCCNCC(C1CC1)C1CC1. The van der Waals surface area contributed by atoms with Crippen molar-refractivity contribution in [1.29, 1.82) is 0 Å². The highest BCUT2D eigenvalue weighted by Gasteiger charge is 2.40. The maximum Gasteiger partial charge on any atom is 0.00970 e. The zero-order chi connectivity index (χ0) is 11.6. The van der Waals surface area contributed by atoms with Gasteiger partial charge in [0.2, 0.25) is 0 Å². The van der Waals surface area contributed by atoms with Crippen LogP contribution in [-0.2, 0) is 0 Å². The van der Waals surface area contributed by atoms with Crippen molar-refractivity contribution >= 4 is 0 Å². The number of hydrogen-bond donors (Lipinski definition) is 2. The van der Waals surface area contributed by atoms with Gasteiger partial charge in [-0.1, -0.05) is 0 Å². The topological polar surface area (TPSA) is 24.1 Å². The third kappa shape index (κ3) is 4.42. The van der Waals surface area contributed by atoms with Crippen molar-refractivity contribution in [3.05, 3.63) is 0 Å². The van der Waals surface area contributed by atoms with Gasteiger partial charge in [-0.25, -0.2) is 0 Å². The smallest absolute Gasteiger partial charge is 0.00970 e. The van der Waals surface area contributed by atoms with Crippen molar-refractivity contribution in [2.75, 3.05) is 19.6 Å². The van der Waals surface area contributed by atoms with Gasteiger partial charge in [-0.15, -0.1) is 0 Å². The molecule has 2 nitrogen and oxygen atoms in total. The Bertz CT molecular complexity index is 199. The second-order valence-electron chi connectivity index (χ2n) is 6.72. The molecule has 2 N–H and O–H groups in total. The molecule has 0 unspecified atom stereocenters. The lowest BCUT2D eigenvalue weighted by Gasteiger charge is -2.21. The van der Waals surface area contributed by atoms with E-state index in [1.165, 1.54) is 32.2 Å². The van der Waals surface area contributed by atoms with Gasteiger partial charge in [0.15, 0.2) is 0 Å². The molecule has 2 heteroatoms. The van der Waals surface area contributed by atoms with Crippen molar-refractivity contribution in [2.24, 2.45) is 17.8 Å². The largest absolute Gasteiger partial charge is 0.315 e. The quantitative estimate of drug-likeness (QED) is 0.649. The minimum Gasteiger partial charge on any atom is -0.315 e. The zero-order valence-electron chi connectivity index (χ0n) is 11.2. The normalized spacial score (nSPS) is 21.8. The summed E-state index contributed by atoms with van der Waals surface area (Å²) in [6, 6.07) is 0. The standard InChI is InChI=1S/C14H28N2/c1-14(2,3)16-9-8-15-10-13(11-4-5-11)12-6-7-12/h11-13,15-16H,4-10H2,1-3H3. The van der Waals surface area contributed by atoms with Gasteiger partial charge in [-0.2, -0.15) is 0 Å². The van der Waals surface area contributed by atoms with E-state index in [0.29, 0.717) is 0 Å². The molecule has 0 radical (unpaired) electrons. The second kappa shape index (κ2) is 5.05. The summed E-state index contributed by atoms with van der Waals surface area (Å²) in [5.41, 5.74) is 0.258. The Balaban J connectivity index is 1.53. The molecule has 0 aromatic carbocycles. The molecule has 0 heterocycles. The molecule has 94 valence electrons. The summed E-state index contributed by atoms with van der Waals surface area (Å²) in [4.78, 5) is 0. The van der Waals surface area contributed by atoms with E-state index in [9.17, 15) is 0 Å². The first-order valence-electron chi connectivity index (χ1n) is 7.02. The van der Waals surface area contributed by atoms with Crippen LogP contribution >= 0.6 is 0 Å². The fourth-order valence-corrected chi connectivity index (χ4v) is 2.56. The zero-order valence-corrected chi connectivity index (χ0v) is 11.2. The van der Waals surface area contributed by atoms with E-state index in [1.807, 2.05) is 0 Å². The molecule has 0 atom stereocenters. The molecule has 2 aliphatic rings. The highest BCUT2D eigenvalue weighted by atomic mass is 15.0. The van der Waals surface area contributed by atoms with Gasteiger partial charge in [0.25, 0.3) is 0 Å². The molecule has 0 spiro atoms. The summed E-state index contributed by atoms with van der Waals surface area (Å²) in [5, 5.41) is 7.16. The van der Waals surface area contributed by atoms with E-state index in [1.54, 1.807) is 0 Å². The van der Waals surface area contributed by atoms with Gasteiger partial charge in [0.05, 0.1) is 0 Å². The average molecular weight is 224 g/mol. The first kappa shape index (κ1) is 12.4. The predicted octanol–water partition coefficient (Wildman–Crippen LogP) is 2.40. The molecule has 0 aliphatic heterocycles. The average Bonchev–Trinajstić information content (AvgIpc) is 2.98. The Morgan fingerprint density at radius 2 is 1.56 bits per heavy atom. The van der Waals surface area contributed by atoms with Crippen LogP contribution < -0.4 is 10.6 Å². The molecule has 2 saturated carbocycles. The fourth-order valence-electron chi connectivity index (χ4n) is 2.56. The molecular weight excluding hydrogens is 196 g/mol. The molecule has 2 fully saturated rings. The molecule has 0 bridgehead atoms. The second-order valence-corrected chi connectivity index (χ2v) is 6.72. The third-order valence-corrected chi connectivity index (χ3v) is 3.79. The van der Waals surface area contributed by atoms with Crippen molar-refractivity contribution in [2.45, 2.75) is 52.0 Å². The summed E-state index contributed by atoms with van der Waals surface area (Å²) >= 11 is 0. The molecule has 0 saturated heterocycles. The number of nitrogens with one attached hydrogen (secondary N) is 2. The van der Waals surface area contributed by atoms with Gasteiger partial charge in [-0.05, 0) is 70.8 Å². The van der Waals surface area contributed by atoms with Crippen molar-refractivity contribution in [3.63, 3.8) is 0 Å². The van der Waals surface area contributed by atoms with Crippen LogP contribution in [0.3, 0.4) is 0 Å². The minimum atomic E-state index is 0.258. The van der Waals surface area contributed by atoms with Crippen LogP contribution in [0.2, 0.25) is 0 Å². The molecule has 0 amide bonds. The molecule has 16 heavy (non-hydrogen) atoms. The minimum absolute atomic E-state index is 0.258. The van der Waals surface area contributed by atoms with Crippen molar-refractivity contribution < 1.29 is 0 Å². The molecule has 2 aliphatic carbocycles. The lowest BCUT2D eigenvalue weighted by Crippen LogP contribution is -2.41. The highest BCUT2D eigenvalue weighted by Crippen LogP contribution is 2.48. The molecular formula is C14H28N2. The number of rotatable bonds is 7. The Morgan fingerprint density at radius 1 is 1.00 bits per heavy atom. The Labute approximate surface area is 101 Å². The Hall–Kier alpha value is -0.0800. The number of hydrogen-bond acceptors (Lipinski definition) is 2.